The predicted octanol–water partition coefficient (Wildman–Crippen LogP) is 2.02. The molecule has 0 N–H and O–H groups in total. The topological polar surface area (TPSA) is 84.7 Å². The first-order chi connectivity index (χ1) is 12.7. The Morgan fingerprint density at radius 3 is 2.46 bits per heavy atom. The first-order valence-corrected chi connectivity index (χ1v) is 8.34. The van der Waals surface area contributed by atoms with Crippen LogP contribution < -0.4 is 14.2 Å². The van der Waals surface area contributed by atoms with Crippen molar-refractivity contribution in [1.82, 2.24) is 9.88 Å². The number of likely N-dealkylation sites (tertiary alicyclic amines) is 1. The molecule has 0 bridgehead atoms. The molecule has 1 amide bonds. The highest BCUT2D eigenvalue weighted by molar-refractivity contribution is 5.78. The summed E-state index contributed by atoms with van der Waals surface area (Å²) < 4.78 is 16.5. The SMILES string of the molecule is CCOc1ccc(OCC(=O)N2CC(Oc3ccc(C#N)cn3)C2)cc1. The summed E-state index contributed by atoms with van der Waals surface area (Å²) in [4.78, 5) is 17.8. The summed E-state index contributed by atoms with van der Waals surface area (Å²) in [5.41, 5.74) is 0.481. The van der Waals surface area contributed by atoms with Crippen molar-refractivity contribution in [3.8, 4) is 23.4 Å². The summed E-state index contributed by atoms with van der Waals surface area (Å²) in [5, 5.41) is 8.74. The summed E-state index contributed by atoms with van der Waals surface area (Å²) in [7, 11) is 0. The van der Waals surface area contributed by atoms with Gasteiger partial charge in [-0.2, -0.15) is 5.26 Å². The van der Waals surface area contributed by atoms with Crippen LogP contribution in [0.15, 0.2) is 42.6 Å². The fourth-order valence-electron chi connectivity index (χ4n) is 2.44. The summed E-state index contributed by atoms with van der Waals surface area (Å²) in [6.07, 6.45) is 1.37. The number of ether oxygens (including phenoxy) is 3. The van der Waals surface area contributed by atoms with E-state index in [4.69, 9.17) is 19.5 Å². The molecule has 26 heavy (non-hydrogen) atoms. The van der Waals surface area contributed by atoms with Crippen LogP contribution in [0.2, 0.25) is 0 Å². The molecule has 0 spiro atoms. The Labute approximate surface area is 151 Å². The summed E-state index contributed by atoms with van der Waals surface area (Å²) in [6.45, 7) is 3.50. The van der Waals surface area contributed by atoms with Crippen LogP contribution in [0.5, 0.6) is 17.4 Å². The lowest BCUT2D eigenvalue weighted by molar-refractivity contribution is -0.142. The maximum Gasteiger partial charge on any atom is 0.260 e. The Bertz CT molecular complexity index is 778. The fourth-order valence-corrected chi connectivity index (χ4v) is 2.44. The van der Waals surface area contributed by atoms with E-state index < -0.39 is 0 Å². The molecule has 1 aromatic heterocycles. The van der Waals surface area contributed by atoms with Gasteiger partial charge in [-0.1, -0.05) is 0 Å². The zero-order valence-electron chi connectivity index (χ0n) is 14.4. The number of amides is 1. The molecular weight excluding hydrogens is 334 g/mol. The number of rotatable bonds is 7. The van der Waals surface area contributed by atoms with Crippen LogP contribution in [-0.4, -0.2) is 48.2 Å². The van der Waals surface area contributed by atoms with Crippen LogP contribution in [-0.2, 0) is 4.79 Å². The minimum absolute atomic E-state index is 0.0180. The number of carbonyl (C=O) groups excluding carboxylic acids is 1. The van der Waals surface area contributed by atoms with E-state index in [-0.39, 0.29) is 18.6 Å². The third kappa shape index (κ3) is 4.42. The standard InChI is InChI=1S/C19H19N3O4/c1-2-24-15-4-6-16(7-5-15)25-13-19(23)22-11-17(12-22)26-18-8-3-14(9-20)10-21-18/h3-8,10,17H,2,11-13H2,1H3. The number of nitriles is 1. The van der Waals surface area contributed by atoms with Crippen LogP contribution in [0.3, 0.4) is 0 Å². The Hall–Kier alpha value is -3.27. The smallest absolute Gasteiger partial charge is 0.260 e. The molecule has 0 unspecified atom stereocenters. The van der Waals surface area contributed by atoms with Crippen LogP contribution >= 0.6 is 0 Å². The molecule has 2 aromatic rings. The predicted molar refractivity (Wildman–Crippen MR) is 93.1 cm³/mol. The van der Waals surface area contributed by atoms with Crippen LogP contribution in [0.1, 0.15) is 12.5 Å². The molecule has 0 atom stereocenters. The molecule has 2 heterocycles. The summed E-state index contributed by atoms with van der Waals surface area (Å²) in [6, 6.07) is 12.5. The number of pyridine rings is 1. The van der Waals surface area contributed by atoms with E-state index in [2.05, 4.69) is 4.98 Å². The van der Waals surface area contributed by atoms with Gasteiger partial charge in [0.2, 0.25) is 5.88 Å². The van der Waals surface area contributed by atoms with E-state index in [1.165, 1.54) is 6.20 Å². The second kappa shape index (κ2) is 8.21. The lowest BCUT2D eigenvalue weighted by Gasteiger charge is -2.38. The Balaban J connectivity index is 1.39. The molecule has 1 aliphatic rings. The van der Waals surface area contributed by atoms with E-state index in [1.54, 1.807) is 41.3 Å². The second-order valence-corrected chi connectivity index (χ2v) is 5.73. The number of benzene rings is 1. The first kappa shape index (κ1) is 17.5. The van der Waals surface area contributed by atoms with Crippen molar-refractivity contribution in [2.75, 3.05) is 26.3 Å². The zero-order valence-corrected chi connectivity index (χ0v) is 14.4. The Morgan fingerprint density at radius 2 is 1.88 bits per heavy atom. The highest BCUT2D eigenvalue weighted by Gasteiger charge is 2.32. The number of aromatic nitrogens is 1. The van der Waals surface area contributed by atoms with Crippen molar-refractivity contribution in [2.45, 2.75) is 13.0 Å². The van der Waals surface area contributed by atoms with Crippen LogP contribution in [0.4, 0.5) is 0 Å². The molecule has 0 radical (unpaired) electrons. The Morgan fingerprint density at radius 1 is 1.19 bits per heavy atom. The van der Waals surface area contributed by atoms with Crippen molar-refractivity contribution < 1.29 is 19.0 Å². The minimum Gasteiger partial charge on any atom is -0.494 e. The molecule has 1 aromatic carbocycles. The molecule has 3 rings (SSSR count). The lowest BCUT2D eigenvalue weighted by atomic mass is 10.1. The number of hydrogen-bond donors (Lipinski definition) is 0. The van der Waals surface area contributed by atoms with Gasteiger partial charge in [-0.25, -0.2) is 4.98 Å². The van der Waals surface area contributed by atoms with Gasteiger partial charge in [0.15, 0.2) is 6.61 Å². The van der Waals surface area contributed by atoms with Gasteiger partial charge >= 0.3 is 0 Å². The average molecular weight is 353 g/mol. The number of hydrogen-bond acceptors (Lipinski definition) is 6. The largest absolute Gasteiger partial charge is 0.494 e. The molecule has 7 heteroatoms. The highest BCUT2D eigenvalue weighted by Crippen LogP contribution is 2.19. The number of nitrogens with zero attached hydrogens (tertiary/aromatic N) is 3. The van der Waals surface area contributed by atoms with Crippen molar-refractivity contribution in [3.05, 3.63) is 48.2 Å². The van der Waals surface area contributed by atoms with Gasteiger partial charge in [-0.15, -0.1) is 0 Å². The minimum atomic E-state index is -0.0927. The average Bonchev–Trinajstić information content (AvgIpc) is 2.64. The maximum atomic E-state index is 12.1. The summed E-state index contributed by atoms with van der Waals surface area (Å²) in [5.74, 6) is 1.75. The zero-order chi connectivity index (χ0) is 18.4. The fraction of sp³-hybridized carbons (Fsp3) is 0.316. The summed E-state index contributed by atoms with van der Waals surface area (Å²) >= 11 is 0. The molecule has 134 valence electrons. The maximum absolute atomic E-state index is 12.1. The van der Waals surface area contributed by atoms with E-state index in [9.17, 15) is 4.79 Å². The van der Waals surface area contributed by atoms with Crippen LogP contribution in [0.25, 0.3) is 0 Å². The van der Waals surface area contributed by atoms with Gasteiger partial charge in [-0.05, 0) is 37.3 Å². The molecule has 7 nitrogen and oxygen atoms in total. The van der Waals surface area contributed by atoms with Gasteiger partial charge < -0.3 is 19.1 Å². The Kier molecular flexibility index (Phi) is 5.54. The van der Waals surface area contributed by atoms with Gasteiger partial charge in [0.1, 0.15) is 23.7 Å². The molecule has 0 saturated carbocycles. The second-order valence-electron chi connectivity index (χ2n) is 5.73. The monoisotopic (exact) mass is 353 g/mol. The third-order valence-electron chi connectivity index (χ3n) is 3.85. The van der Waals surface area contributed by atoms with E-state index in [1.807, 2.05) is 13.0 Å². The van der Waals surface area contributed by atoms with E-state index >= 15 is 0 Å². The lowest BCUT2D eigenvalue weighted by Crippen LogP contribution is -2.57. The van der Waals surface area contributed by atoms with Gasteiger partial charge in [-0.3, -0.25) is 4.79 Å². The molecule has 1 saturated heterocycles. The third-order valence-corrected chi connectivity index (χ3v) is 3.85. The van der Waals surface area contributed by atoms with Gasteiger partial charge in [0.05, 0.1) is 25.3 Å². The van der Waals surface area contributed by atoms with E-state index in [0.717, 1.165) is 5.75 Å². The molecule has 0 aliphatic carbocycles. The van der Waals surface area contributed by atoms with Gasteiger partial charge in [0, 0.05) is 12.3 Å². The molecule has 1 aliphatic heterocycles. The number of carbonyl (C=O) groups is 1. The van der Waals surface area contributed by atoms with Crippen molar-refractivity contribution in [2.24, 2.45) is 0 Å². The first-order valence-electron chi connectivity index (χ1n) is 8.34. The normalized spacial score (nSPS) is 13.5. The van der Waals surface area contributed by atoms with Crippen LogP contribution in [0, 0.1) is 11.3 Å². The highest BCUT2D eigenvalue weighted by atomic mass is 16.5. The van der Waals surface area contributed by atoms with Crippen molar-refractivity contribution in [3.63, 3.8) is 0 Å². The van der Waals surface area contributed by atoms with Gasteiger partial charge in [0.25, 0.3) is 5.91 Å². The van der Waals surface area contributed by atoms with Crippen molar-refractivity contribution >= 4 is 5.91 Å². The molecule has 1 fully saturated rings. The van der Waals surface area contributed by atoms with Crippen molar-refractivity contribution in [1.29, 1.82) is 5.26 Å². The molecular formula is C19H19N3O4. The van der Waals surface area contributed by atoms with E-state index in [0.29, 0.717) is 36.9 Å². The quantitative estimate of drug-likeness (QED) is 0.757.